The van der Waals surface area contributed by atoms with Gasteiger partial charge in [0.1, 0.15) is 0 Å². The molecule has 0 aliphatic heterocycles. The molecule has 1 aliphatic carbocycles. The van der Waals surface area contributed by atoms with Crippen molar-refractivity contribution in [2.24, 2.45) is 0 Å². The molecule has 0 radical (unpaired) electrons. The van der Waals surface area contributed by atoms with Crippen LogP contribution in [-0.4, -0.2) is 16.7 Å². The molecular formula is C13H17N3OS. The topological polar surface area (TPSA) is 51.0 Å². The standard InChI is InChI=1S/C13H17N3OS/c1-2-14-8-12-15-16-13(17-12)10-4-3-5-11-9(10)6-7-18-11/h6-7,10,14H,2-5,8H2,1H3. The third kappa shape index (κ3) is 2.20. The lowest BCUT2D eigenvalue weighted by Gasteiger charge is -2.18. The molecule has 0 aromatic carbocycles. The van der Waals surface area contributed by atoms with Crippen molar-refractivity contribution in [1.29, 1.82) is 0 Å². The zero-order valence-corrected chi connectivity index (χ0v) is 11.3. The highest BCUT2D eigenvalue weighted by Crippen LogP contribution is 2.38. The Morgan fingerprint density at radius 2 is 2.44 bits per heavy atom. The van der Waals surface area contributed by atoms with Gasteiger partial charge in [-0.2, -0.15) is 0 Å². The first-order valence-corrected chi connectivity index (χ1v) is 7.35. The Hall–Kier alpha value is -1.20. The Balaban J connectivity index is 1.82. The van der Waals surface area contributed by atoms with Gasteiger partial charge in [0.25, 0.3) is 0 Å². The van der Waals surface area contributed by atoms with E-state index in [1.807, 2.05) is 11.3 Å². The molecule has 1 unspecified atom stereocenters. The fraction of sp³-hybridized carbons (Fsp3) is 0.538. The van der Waals surface area contributed by atoms with E-state index in [1.165, 1.54) is 23.3 Å². The van der Waals surface area contributed by atoms with Gasteiger partial charge in [-0.05, 0) is 42.8 Å². The minimum Gasteiger partial charge on any atom is -0.423 e. The molecule has 5 heteroatoms. The second-order valence-electron chi connectivity index (χ2n) is 4.56. The number of rotatable bonds is 4. The maximum Gasteiger partial charge on any atom is 0.230 e. The number of hydrogen-bond donors (Lipinski definition) is 1. The largest absolute Gasteiger partial charge is 0.423 e. The summed E-state index contributed by atoms with van der Waals surface area (Å²) in [5, 5.41) is 13.7. The maximum atomic E-state index is 5.77. The van der Waals surface area contributed by atoms with Crippen molar-refractivity contribution < 1.29 is 4.42 Å². The third-order valence-corrected chi connectivity index (χ3v) is 4.36. The van der Waals surface area contributed by atoms with Gasteiger partial charge in [0, 0.05) is 4.88 Å². The van der Waals surface area contributed by atoms with Crippen molar-refractivity contribution in [3.8, 4) is 0 Å². The molecule has 0 spiro atoms. The second kappa shape index (κ2) is 5.20. The smallest absolute Gasteiger partial charge is 0.230 e. The van der Waals surface area contributed by atoms with E-state index in [2.05, 4.69) is 33.9 Å². The van der Waals surface area contributed by atoms with E-state index in [0.29, 0.717) is 18.4 Å². The van der Waals surface area contributed by atoms with Crippen LogP contribution in [0.4, 0.5) is 0 Å². The number of aryl methyl sites for hydroxylation is 1. The lowest BCUT2D eigenvalue weighted by molar-refractivity contribution is 0.405. The highest BCUT2D eigenvalue weighted by atomic mass is 32.1. The van der Waals surface area contributed by atoms with Crippen LogP contribution in [0.1, 0.15) is 47.9 Å². The summed E-state index contributed by atoms with van der Waals surface area (Å²) in [5.74, 6) is 1.78. The minimum atomic E-state index is 0.308. The molecule has 0 saturated heterocycles. The van der Waals surface area contributed by atoms with Crippen molar-refractivity contribution in [3.05, 3.63) is 33.7 Å². The van der Waals surface area contributed by atoms with Gasteiger partial charge in [-0.3, -0.25) is 0 Å². The summed E-state index contributed by atoms with van der Waals surface area (Å²) in [6.07, 6.45) is 3.53. The first-order valence-electron chi connectivity index (χ1n) is 6.47. The SMILES string of the molecule is CCNCc1nnc(C2CCCc3sccc32)o1. The van der Waals surface area contributed by atoms with Crippen LogP contribution in [-0.2, 0) is 13.0 Å². The predicted octanol–water partition coefficient (Wildman–Crippen LogP) is 2.71. The lowest BCUT2D eigenvalue weighted by atomic mass is 9.88. The highest BCUT2D eigenvalue weighted by Gasteiger charge is 2.27. The van der Waals surface area contributed by atoms with E-state index in [-0.39, 0.29) is 0 Å². The van der Waals surface area contributed by atoms with E-state index < -0.39 is 0 Å². The molecule has 0 amide bonds. The van der Waals surface area contributed by atoms with Gasteiger partial charge in [-0.15, -0.1) is 21.5 Å². The Kier molecular flexibility index (Phi) is 3.43. The monoisotopic (exact) mass is 263 g/mol. The zero-order valence-electron chi connectivity index (χ0n) is 10.5. The predicted molar refractivity (Wildman–Crippen MR) is 70.8 cm³/mol. The molecule has 96 valence electrons. The lowest BCUT2D eigenvalue weighted by Crippen LogP contribution is -2.11. The van der Waals surface area contributed by atoms with E-state index in [9.17, 15) is 0 Å². The van der Waals surface area contributed by atoms with Crippen molar-refractivity contribution in [3.63, 3.8) is 0 Å². The van der Waals surface area contributed by atoms with Gasteiger partial charge >= 0.3 is 0 Å². The minimum absolute atomic E-state index is 0.308. The van der Waals surface area contributed by atoms with Crippen LogP contribution in [0.5, 0.6) is 0 Å². The van der Waals surface area contributed by atoms with Crippen LogP contribution in [0.15, 0.2) is 15.9 Å². The molecular weight excluding hydrogens is 246 g/mol. The molecule has 2 aromatic rings. The van der Waals surface area contributed by atoms with E-state index in [1.54, 1.807) is 0 Å². The summed E-state index contributed by atoms with van der Waals surface area (Å²) in [6, 6.07) is 2.21. The average Bonchev–Trinajstić information content (AvgIpc) is 3.04. The van der Waals surface area contributed by atoms with Crippen molar-refractivity contribution in [2.45, 2.75) is 38.6 Å². The summed E-state index contributed by atoms with van der Waals surface area (Å²) in [4.78, 5) is 1.48. The average molecular weight is 263 g/mol. The normalized spacial score (nSPS) is 18.8. The van der Waals surface area contributed by atoms with Gasteiger partial charge in [0.15, 0.2) is 0 Å². The molecule has 18 heavy (non-hydrogen) atoms. The molecule has 2 aromatic heterocycles. The van der Waals surface area contributed by atoms with E-state index in [0.717, 1.165) is 18.9 Å². The molecule has 1 aliphatic rings. The zero-order chi connectivity index (χ0) is 12.4. The Morgan fingerprint density at radius 1 is 1.50 bits per heavy atom. The van der Waals surface area contributed by atoms with E-state index >= 15 is 0 Å². The summed E-state index contributed by atoms with van der Waals surface area (Å²) >= 11 is 1.84. The summed E-state index contributed by atoms with van der Waals surface area (Å²) in [7, 11) is 0. The van der Waals surface area contributed by atoms with Crippen molar-refractivity contribution >= 4 is 11.3 Å². The quantitative estimate of drug-likeness (QED) is 0.921. The van der Waals surface area contributed by atoms with Gasteiger partial charge in [0.05, 0.1) is 12.5 Å². The Labute approximate surface area is 110 Å². The molecule has 0 saturated carbocycles. The number of hydrogen-bond acceptors (Lipinski definition) is 5. The van der Waals surface area contributed by atoms with Crippen LogP contribution in [0.3, 0.4) is 0 Å². The van der Waals surface area contributed by atoms with Gasteiger partial charge in [-0.1, -0.05) is 6.92 Å². The van der Waals surface area contributed by atoms with Gasteiger partial charge < -0.3 is 9.73 Å². The summed E-state index contributed by atoms with van der Waals surface area (Å²) < 4.78 is 5.77. The van der Waals surface area contributed by atoms with Crippen LogP contribution >= 0.6 is 11.3 Å². The highest BCUT2D eigenvalue weighted by molar-refractivity contribution is 7.10. The number of nitrogens with one attached hydrogen (secondary N) is 1. The van der Waals surface area contributed by atoms with Crippen LogP contribution in [0, 0.1) is 0 Å². The molecule has 3 rings (SSSR count). The second-order valence-corrected chi connectivity index (χ2v) is 5.56. The van der Waals surface area contributed by atoms with Gasteiger partial charge in [-0.25, -0.2) is 0 Å². The number of fused-ring (bicyclic) bond motifs is 1. The van der Waals surface area contributed by atoms with Crippen LogP contribution in [0.25, 0.3) is 0 Å². The van der Waals surface area contributed by atoms with Crippen molar-refractivity contribution in [2.75, 3.05) is 6.54 Å². The van der Waals surface area contributed by atoms with Crippen LogP contribution in [0.2, 0.25) is 0 Å². The van der Waals surface area contributed by atoms with E-state index in [4.69, 9.17) is 4.42 Å². The summed E-state index contributed by atoms with van der Waals surface area (Å²) in [5.41, 5.74) is 1.39. The van der Waals surface area contributed by atoms with Gasteiger partial charge in [0.2, 0.25) is 11.8 Å². The number of aromatic nitrogens is 2. The molecule has 2 heterocycles. The van der Waals surface area contributed by atoms with Crippen molar-refractivity contribution in [1.82, 2.24) is 15.5 Å². The molecule has 0 bridgehead atoms. The summed E-state index contributed by atoms with van der Waals surface area (Å²) in [6.45, 7) is 3.64. The number of nitrogens with zero attached hydrogens (tertiary/aromatic N) is 2. The first kappa shape index (κ1) is 11.9. The fourth-order valence-electron chi connectivity index (χ4n) is 2.45. The first-order chi connectivity index (χ1) is 8.88. The fourth-order valence-corrected chi connectivity index (χ4v) is 3.44. The maximum absolute atomic E-state index is 5.77. The Morgan fingerprint density at radius 3 is 3.33 bits per heavy atom. The molecule has 0 fully saturated rings. The number of thiophene rings is 1. The molecule has 1 atom stereocenters. The molecule has 4 nitrogen and oxygen atoms in total. The molecule has 1 N–H and O–H groups in total. The third-order valence-electron chi connectivity index (χ3n) is 3.36. The Bertz CT molecular complexity index is 520. The van der Waals surface area contributed by atoms with Crippen LogP contribution < -0.4 is 5.32 Å².